The van der Waals surface area contributed by atoms with E-state index in [4.69, 9.17) is 5.11 Å². The van der Waals surface area contributed by atoms with E-state index in [2.05, 4.69) is 0 Å². The largest absolute Gasteiger partial charge is 0.416 e. The normalized spacial score (nSPS) is 13.3. The average molecular weight is 299 g/mol. The fourth-order valence-electron chi connectivity index (χ4n) is 1.02. The zero-order valence-corrected chi connectivity index (χ0v) is 10.9. The molecule has 1 amide bonds. The predicted octanol–water partition coefficient (Wildman–Crippen LogP) is 2.02. The molecule has 1 atom stereocenters. The van der Waals surface area contributed by atoms with Crippen molar-refractivity contribution >= 4 is 29.0 Å². The smallest absolute Gasteiger partial charge is 0.382 e. The minimum Gasteiger partial charge on any atom is -0.382 e. The molecule has 1 heterocycles. The molecule has 0 saturated carbocycles. The summed E-state index contributed by atoms with van der Waals surface area (Å²) in [5.41, 5.74) is 0. The quantitative estimate of drug-likeness (QED) is 0.845. The van der Waals surface area contributed by atoms with Gasteiger partial charge in [0.05, 0.1) is 12.3 Å². The van der Waals surface area contributed by atoms with Gasteiger partial charge < -0.3 is 10.4 Å². The maximum Gasteiger partial charge on any atom is 0.416 e. The highest BCUT2D eigenvalue weighted by Gasteiger charge is 2.38. The molecule has 0 bridgehead atoms. The summed E-state index contributed by atoms with van der Waals surface area (Å²) < 4.78 is 35.8. The van der Waals surface area contributed by atoms with Crippen LogP contribution in [0.4, 0.5) is 13.2 Å². The van der Waals surface area contributed by atoms with Gasteiger partial charge in [-0.1, -0.05) is 6.07 Å². The van der Waals surface area contributed by atoms with Crippen LogP contribution < -0.4 is 5.32 Å². The lowest BCUT2D eigenvalue weighted by molar-refractivity contribution is -0.201. The number of nitrogens with one attached hydrogen (secondary N) is 1. The van der Waals surface area contributed by atoms with E-state index < -0.39 is 24.7 Å². The highest BCUT2D eigenvalue weighted by molar-refractivity contribution is 7.99. The number of amides is 1. The second-order valence-corrected chi connectivity index (χ2v) is 5.45. The predicted molar refractivity (Wildman–Crippen MR) is 65.6 cm³/mol. The molecule has 0 saturated heterocycles. The molecule has 0 spiro atoms. The minimum absolute atomic E-state index is 0.0719. The lowest BCUT2D eigenvalue weighted by Gasteiger charge is -2.14. The lowest BCUT2D eigenvalue weighted by atomic mass is 10.3. The monoisotopic (exact) mass is 299 g/mol. The van der Waals surface area contributed by atoms with Crippen molar-refractivity contribution in [3.8, 4) is 0 Å². The molecule has 1 unspecified atom stereocenters. The molecule has 1 aromatic rings. The summed E-state index contributed by atoms with van der Waals surface area (Å²) in [5.74, 6) is 0.204. The number of thioether (sulfide) groups is 1. The molecule has 0 aliphatic rings. The number of hydrogen-bond donors (Lipinski definition) is 2. The molecule has 8 heteroatoms. The van der Waals surface area contributed by atoms with Crippen LogP contribution in [0.2, 0.25) is 0 Å². The molecule has 102 valence electrons. The Labute approximate surface area is 110 Å². The van der Waals surface area contributed by atoms with Crippen molar-refractivity contribution in [2.45, 2.75) is 18.0 Å². The van der Waals surface area contributed by atoms with E-state index in [0.717, 1.165) is 4.88 Å². The van der Waals surface area contributed by atoms with Crippen LogP contribution in [0, 0.1) is 0 Å². The topological polar surface area (TPSA) is 49.3 Å². The van der Waals surface area contributed by atoms with Gasteiger partial charge >= 0.3 is 6.18 Å². The van der Waals surface area contributed by atoms with Crippen LogP contribution in [0.15, 0.2) is 17.5 Å². The number of alkyl halides is 3. The van der Waals surface area contributed by atoms with Gasteiger partial charge in [-0.2, -0.15) is 13.2 Å². The Morgan fingerprint density at radius 1 is 1.56 bits per heavy atom. The zero-order chi connectivity index (χ0) is 13.6. The first-order valence-corrected chi connectivity index (χ1v) is 7.04. The maximum absolute atomic E-state index is 11.9. The molecule has 0 aromatic carbocycles. The van der Waals surface area contributed by atoms with Gasteiger partial charge in [-0.05, 0) is 11.4 Å². The Bertz CT molecular complexity index is 368. The van der Waals surface area contributed by atoms with Gasteiger partial charge in [-0.3, -0.25) is 4.79 Å². The van der Waals surface area contributed by atoms with Crippen molar-refractivity contribution in [3.63, 3.8) is 0 Å². The van der Waals surface area contributed by atoms with E-state index >= 15 is 0 Å². The molecule has 2 N–H and O–H groups in total. The van der Waals surface area contributed by atoms with Crippen LogP contribution in [0.25, 0.3) is 0 Å². The summed E-state index contributed by atoms with van der Waals surface area (Å²) in [5, 5.41) is 12.6. The Morgan fingerprint density at radius 3 is 2.83 bits per heavy atom. The number of carbonyl (C=O) groups is 1. The third-order valence-corrected chi connectivity index (χ3v) is 3.97. The first-order valence-electron chi connectivity index (χ1n) is 5.01. The summed E-state index contributed by atoms with van der Waals surface area (Å²) in [6.45, 7) is -0.804. The maximum atomic E-state index is 11.9. The third-order valence-electron chi connectivity index (χ3n) is 1.93. The summed E-state index contributed by atoms with van der Waals surface area (Å²) >= 11 is 2.87. The lowest BCUT2D eigenvalue weighted by Crippen LogP contribution is -2.41. The Hall–Kier alpha value is -0.730. The number of aliphatic hydroxyl groups is 1. The van der Waals surface area contributed by atoms with Crippen LogP contribution >= 0.6 is 23.1 Å². The minimum atomic E-state index is -4.70. The highest BCUT2D eigenvalue weighted by atomic mass is 32.2. The van der Waals surface area contributed by atoms with Crippen LogP contribution in [0.3, 0.4) is 0 Å². The summed E-state index contributed by atoms with van der Waals surface area (Å²) in [6.07, 6.45) is -7.21. The highest BCUT2D eigenvalue weighted by Crippen LogP contribution is 2.19. The van der Waals surface area contributed by atoms with Crippen LogP contribution in [0.1, 0.15) is 4.88 Å². The van der Waals surface area contributed by atoms with Crippen molar-refractivity contribution in [2.24, 2.45) is 0 Å². The van der Waals surface area contributed by atoms with E-state index in [1.165, 1.54) is 11.8 Å². The fourth-order valence-corrected chi connectivity index (χ4v) is 2.71. The van der Waals surface area contributed by atoms with Crippen molar-refractivity contribution in [1.82, 2.24) is 5.32 Å². The summed E-state index contributed by atoms with van der Waals surface area (Å²) in [7, 11) is 0. The van der Waals surface area contributed by atoms with Gasteiger partial charge in [0.25, 0.3) is 0 Å². The standard InChI is InChI=1S/C10H12F3NO2S2/c11-10(12,13)8(15)4-14-9(16)6-17-5-7-2-1-3-18-7/h1-3,8,15H,4-6H2,(H,14,16). The van der Waals surface area contributed by atoms with E-state index in [1.54, 1.807) is 11.3 Å². The first-order chi connectivity index (χ1) is 8.39. The summed E-state index contributed by atoms with van der Waals surface area (Å²) in [4.78, 5) is 12.3. The van der Waals surface area contributed by atoms with Gasteiger partial charge in [-0.15, -0.1) is 23.1 Å². The number of rotatable bonds is 6. The molecular weight excluding hydrogens is 287 g/mol. The van der Waals surface area contributed by atoms with Crippen molar-refractivity contribution in [1.29, 1.82) is 0 Å². The van der Waals surface area contributed by atoms with E-state index in [9.17, 15) is 18.0 Å². The second-order valence-electron chi connectivity index (χ2n) is 3.43. The van der Waals surface area contributed by atoms with Gasteiger partial charge in [0.2, 0.25) is 5.91 Å². The molecule has 0 aliphatic carbocycles. The van der Waals surface area contributed by atoms with Gasteiger partial charge in [0.1, 0.15) is 0 Å². The molecule has 1 aromatic heterocycles. The fraction of sp³-hybridized carbons (Fsp3) is 0.500. The van der Waals surface area contributed by atoms with Crippen molar-refractivity contribution in [3.05, 3.63) is 22.4 Å². The van der Waals surface area contributed by atoms with E-state index in [-0.39, 0.29) is 5.75 Å². The Morgan fingerprint density at radius 2 is 2.28 bits per heavy atom. The van der Waals surface area contributed by atoms with Crippen LogP contribution in [-0.2, 0) is 10.5 Å². The number of carbonyl (C=O) groups excluding carboxylic acids is 1. The third kappa shape index (κ3) is 5.74. The van der Waals surface area contributed by atoms with Crippen molar-refractivity contribution < 1.29 is 23.1 Å². The number of hydrogen-bond acceptors (Lipinski definition) is 4. The number of thiophene rings is 1. The molecule has 18 heavy (non-hydrogen) atoms. The van der Waals surface area contributed by atoms with Crippen LogP contribution in [0.5, 0.6) is 0 Å². The van der Waals surface area contributed by atoms with Gasteiger partial charge in [0, 0.05) is 10.6 Å². The second kappa shape index (κ2) is 7.01. The van der Waals surface area contributed by atoms with Gasteiger partial charge in [0.15, 0.2) is 6.10 Å². The molecule has 1 rings (SSSR count). The molecule has 3 nitrogen and oxygen atoms in total. The van der Waals surface area contributed by atoms with Crippen molar-refractivity contribution in [2.75, 3.05) is 12.3 Å². The van der Waals surface area contributed by atoms with Crippen LogP contribution in [-0.4, -0.2) is 35.6 Å². The Balaban J connectivity index is 2.14. The number of aliphatic hydroxyl groups excluding tert-OH is 1. The SMILES string of the molecule is O=C(CSCc1cccs1)NCC(O)C(F)(F)F. The molecule has 0 radical (unpaired) electrons. The summed E-state index contributed by atoms with van der Waals surface area (Å²) in [6, 6.07) is 3.81. The first kappa shape index (κ1) is 15.3. The van der Waals surface area contributed by atoms with E-state index in [0.29, 0.717) is 5.75 Å². The average Bonchev–Trinajstić information content (AvgIpc) is 2.77. The van der Waals surface area contributed by atoms with E-state index in [1.807, 2.05) is 22.8 Å². The molecule has 0 fully saturated rings. The molecule has 0 aliphatic heterocycles. The van der Waals surface area contributed by atoms with Gasteiger partial charge in [-0.25, -0.2) is 0 Å². The molecular formula is C10H12F3NO2S2. The Kier molecular flexibility index (Phi) is 5.97. The number of halogens is 3. The zero-order valence-electron chi connectivity index (χ0n) is 9.24.